The second-order valence-electron chi connectivity index (χ2n) is 1.96. The Morgan fingerprint density at radius 1 is 1.55 bits per heavy atom. The summed E-state index contributed by atoms with van der Waals surface area (Å²) >= 11 is 0. The van der Waals surface area contributed by atoms with Crippen molar-refractivity contribution in [2.24, 2.45) is 0 Å². The first kappa shape index (κ1) is 10.8. The van der Waals surface area contributed by atoms with Crippen molar-refractivity contribution in [3.8, 4) is 0 Å². The topological polar surface area (TPSA) is 75.6 Å². The normalized spacial score (nSPS) is 11.8. The molecule has 0 unspecified atom stereocenters. The molecule has 0 aliphatic heterocycles. The van der Waals surface area contributed by atoms with E-state index in [0.29, 0.717) is 6.42 Å². The van der Waals surface area contributed by atoms with Gasteiger partial charge < -0.3 is 5.11 Å². The van der Waals surface area contributed by atoms with Crippen LogP contribution in [0.25, 0.3) is 0 Å². The van der Waals surface area contributed by atoms with Crippen molar-refractivity contribution >= 4 is 10.1 Å². The third-order valence-electron chi connectivity index (χ3n) is 0.854. The molecule has 68 valence electrons. The number of hydroxylamine groups is 1. The number of hydrogen-bond acceptors (Lipinski definition) is 5. The monoisotopic (exact) mass is 183 g/mol. The van der Waals surface area contributed by atoms with Gasteiger partial charge in [0, 0.05) is 6.54 Å². The molecule has 0 spiro atoms. The van der Waals surface area contributed by atoms with E-state index < -0.39 is 10.1 Å². The summed E-state index contributed by atoms with van der Waals surface area (Å²) in [5, 5.41) is 8.26. The van der Waals surface area contributed by atoms with Gasteiger partial charge in [0.25, 0.3) is 10.1 Å². The van der Waals surface area contributed by atoms with E-state index in [1.54, 1.807) is 6.92 Å². The highest BCUT2D eigenvalue weighted by atomic mass is 32.2. The van der Waals surface area contributed by atoms with E-state index in [1.807, 2.05) is 0 Å². The fraction of sp³-hybridized carbons (Fsp3) is 1.00. The van der Waals surface area contributed by atoms with Crippen molar-refractivity contribution in [3.05, 3.63) is 0 Å². The van der Waals surface area contributed by atoms with Gasteiger partial charge in [-0.15, -0.1) is 0 Å². The number of hydrogen-bond donors (Lipinski definition) is 2. The lowest BCUT2D eigenvalue weighted by Gasteiger charge is -2.02. The third-order valence-corrected chi connectivity index (χ3v) is 2.13. The van der Waals surface area contributed by atoms with Crippen molar-refractivity contribution in [2.75, 3.05) is 18.9 Å². The van der Waals surface area contributed by atoms with Crippen molar-refractivity contribution < 1.29 is 17.8 Å². The average molecular weight is 183 g/mol. The predicted octanol–water partition coefficient (Wildman–Crippen LogP) is -0.760. The molecule has 0 aliphatic rings. The molecule has 0 atom stereocenters. The van der Waals surface area contributed by atoms with Crippen LogP contribution in [-0.4, -0.2) is 32.4 Å². The zero-order valence-corrected chi connectivity index (χ0v) is 7.23. The summed E-state index contributed by atoms with van der Waals surface area (Å²) < 4.78 is 25.8. The first-order valence-electron chi connectivity index (χ1n) is 3.37. The summed E-state index contributed by atoms with van der Waals surface area (Å²) in [5.41, 5.74) is 2.12. The van der Waals surface area contributed by atoms with Gasteiger partial charge in [0.05, 0.1) is 12.4 Å². The van der Waals surface area contributed by atoms with Crippen LogP contribution in [0.3, 0.4) is 0 Å². The number of nitrogens with one attached hydrogen (secondary N) is 1. The van der Waals surface area contributed by atoms with Crippen LogP contribution in [0.5, 0.6) is 0 Å². The van der Waals surface area contributed by atoms with Gasteiger partial charge in [-0.1, -0.05) is 6.92 Å². The Kier molecular flexibility index (Phi) is 5.39. The molecule has 0 saturated carbocycles. The van der Waals surface area contributed by atoms with Gasteiger partial charge in [0.15, 0.2) is 0 Å². The highest BCUT2D eigenvalue weighted by Gasteiger charge is 2.08. The van der Waals surface area contributed by atoms with E-state index >= 15 is 0 Å². The molecule has 5 nitrogen and oxygen atoms in total. The minimum atomic E-state index is -3.43. The molecule has 0 radical (unpaired) electrons. The Labute approximate surface area is 66.4 Å². The largest absolute Gasteiger partial charge is 0.395 e. The summed E-state index contributed by atoms with van der Waals surface area (Å²) in [6.07, 6.45) is 0.517. The molecule has 6 heteroatoms. The Balaban J connectivity index is 3.56. The summed E-state index contributed by atoms with van der Waals surface area (Å²) in [4.78, 5) is 0. The van der Waals surface area contributed by atoms with Gasteiger partial charge in [-0.25, -0.2) is 0 Å². The Morgan fingerprint density at radius 3 is 2.64 bits per heavy atom. The zero-order chi connectivity index (χ0) is 8.74. The highest BCUT2D eigenvalue weighted by molar-refractivity contribution is 7.86. The van der Waals surface area contributed by atoms with E-state index in [0.717, 1.165) is 0 Å². The van der Waals surface area contributed by atoms with Gasteiger partial charge in [-0.05, 0) is 6.42 Å². The minimum Gasteiger partial charge on any atom is -0.395 e. The van der Waals surface area contributed by atoms with E-state index in [2.05, 4.69) is 9.76 Å². The van der Waals surface area contributed by atoms with Crippen molar-refractivity contribution in [1.82, 2.24) is 5.48 Å². The molecule has 0 aromatic heterocycles. The van der Waals surface area contributed by atoms with Crippen LogP contribution < -0.4 is 5.48 Å². The van der Waals surface area contributed by atoms with Crippen LogP contribution in [0.1, 0.15) is 13.3 Å². The predicted molar refractivity (Wildman–Crippen MR) is 40.3 cm³/mol. The maximum absolute atomic E-state index is 10.7. The molecule has 0 aromatic rings. The zero-order valence-electron chi connectivity index (χ0n) is 6.41. The fourth-order valence-electron chi connectivity index (χ4n) is 0.469. The van der Waals surface area contributed by atoms with Crippen LogP contribution in [0.2, 0.25) is 0 Å². The molecule has 0 aliphatic carbocycles. The van der Waals surface area contributed by atoms with Gasteiger partial charge in [-0.2, -0.15) is 18.2 Å². The summed E-state index contributed by atoms with van der Waals surface area (Å²) in [7, 11) is -3.43. The van der Waals surface area contributed by atoms with Gasteiger partial charge in [-0.3, -0.25) is 0 Å². The molecule has 0 heterocycles. The first-order chi connectivity index (χ1) is 5.12. The molecule has 0 bridgehead atoms. The summed E-state index contributed by atoms with van der Waals surface area (Å²) in [6, 6.07) is 0. The Hall–Kier alpha value is -0.170. The molecule has 0 fully saturated rings. The molecule has 11 heavy (non-hydrogen) atoms. The van der Waals surface area contributed by atoms with E-state index in [-0.39, 0.29) is 18.9 Å². The summed E-state index contributed by atoms with van der Waals surface area (Å²) in [5.74, 6) is -0.00850. The number of aliphatic hydroxyl groups excluding tert-OH is 1. The second kappa shape index (κ2) is 5.48. The Bertz CT molecular complexity index is 177. The van der Waals surface area contributed by atoms with E-state index in [1.165, 1.54) is 0 Å². The van der Waals surface area contributed by atoms with Crippen LogP contribution >= 0.6 is 0 Å². The first-order valence-corrected chi connectivity index (χ1v) is 4.95. The SMILES string of the molecule is CCCS(=O)(=O)ONCCO. The van der Waals surface area contributed by atoms with E-state index in [4.69, 9.17) is 5.11 Å². The van der Waals surface area contributed by atoms with Crippen LogP contribution in [0, 0.1) is 0 Å². The van der Waals surface area contributed by atoms with Crippen LogP contribution in [0.15, 0.2) is 0 Å². The second-order valence-corrected chi connectivity index (χ2v) is 3.65. The molecule has 0 rings (SSSR count). The number of aliphatic hydroxyl groups is 1. The minimum absolute atomic E-state index is 0.00850. The lowest BCUT2D eigenvalue weighted by atomic mass is 10.6. The molecule has 2 N–H and O–H groups in total. The van der Waals surface area contributed by atoms with Gasteiger partial charge in [0.2, 0.25) is 0 Å². The molecular weight excluding hydrogens is 170 g/mol. The van der Waals surface area contributed by atoms with Crippen LogP contribution in [0.4, 0.5) is 0 Å². The Morgan fingerprint density at radius 2 is 2.18 bits per heavy atom. The molecular formula is C5H13NO4S. The van der Waals surface area contributed by atoms with Crippen molar-refractivity contribution in [1.29, 1.82) is 0 Å². The molecule has 0 aromatic carbocycles. The van der Waals surface area contributed by atoms with E-state index in [9.17, 15) is 8.42 Å². The van der Waals surface area contributed by atoms with Crippen molar-refractivity contribution in [3.63, 3.8) is 0 Å². The highest BCUT2D eigenvalue weighted by Crippen LogP contribution is 1.91. The summed E-state index contributed by atoms with van der Waals surface area (Å²) in [6.45, 7) is 1.71. The quantitative estimate of drug-likeness (QED) is 0.418. The maximum atomic E-state index is 10.7. The standard InChI is InChI=1S/C5H13NO4S/c1-2-5-11(8,9)10-6-3-4-7/h6-7H,2-5H2,1H3. The third kappa shape index (κ3) is 6.24. The lowest BCUT2D eigenvalue weighted by molar-refractivity contribution is 0.171. The molecule has 0 amide bonds. The van der Waals surface area contributed by atoms with Gasteiger partial charge in [0.1, 0.15) is 0 Å². The number of rotatable bonds is 6. The smallest absolute Gasteiger partial charge is 0.283 e. The van der Waals surface area contributed by atoms with Crippen molar-refractivity contribution in [2.45, 2.75) is 13.3 Å². The van der Waals surface area contributed by atoms with Crippen LogP contribution in [-0.2, 0) is 14.4 Å². The average Bonchev–Trinajstić information content (AvgIpc) is 1.87. The fourth-order valence-corrected chi connectivity index (χ4v) is 1.31. The molecule has 0 saturated heterocycles. The van der Waals surface area contributed by atoms with Gasteiger partial charge >= 0.3 is 0 Å². The maximum Gasteiger partial charge on any atom is 0.283 e. The lowest BCUT2D eigenvalue weighted by Crippen LogP contribution is -2.24.